The molecule has 0 saturated heterocycles. The Morgan fingerprint density at radius 1 is 1.42 bits per heavy atom. The quantitative estimate of drug-likeness (QED) is 0.654. The number of aliphatic hydroxyl groups is 1. The molecule has 0 aromatic heterocycles. The summed E-state index contributed by atoms with van der Waals surface area (Å²) in [7, 11) is 0. The molecule has 0 atom stereocenters. The van der Waals surface area contributed by atoms with Gasteiger partial charge in [0.05, 0.1) is 5.60 Å². The van der Waals surface area contributed by atoms with Crippen molar-refractivity contribution in [3.63, 3.8) is 0 Å². The van der Waals surface area contributed by atoms with Crippen molar-refractivity contribution in [2.75, 3.05) is 6.54 Å². The molecule has 0 heterocycles. The Bertz CT molecular complexity index is 175. The standard InChI is InChI=1S/C10H19NO/c1-8-5-10(12,6-8)9(7-11)3-2-4-9/h8,12H,2-7,11H2,1H3. The highest BCUT2D eigenvalue weighted by Gasteiger charge is 2.57. The van der Waals surface area contributed by atoms with Crippen molar-refractivity contribution in [1.82, 2.24) is 0 Å². The van der Waals surface area contributed by atoms with E-state index < -0.39 is 0 Å². The molecule has 2 nitrogen and oxygen atoms in total. The van der Waals surface area contributed by atoms with Gasteiger partial charge in [0.2, 0.25) is 0 Å². The Morgan fingerprint density at radius 2 is 2.00 bits per heavy atom. The molecule has 0 radical (unpaired) electrons. The van der Waals surface area contributed by atoms with Crippen molar-refractivity contribution in [2.45, 2.75) is 44.6 Å². The summed E-state index contributed by atoms with van der Waals surface area (Å²) in [5.74, 6) is 0.707. The van der Waals surface area contributed by atoms with Crippen LogP contribution in [-0.4, -0.2) is 17.3 Å². The summed E-state index contributed by atoms with van der Waals surface area (Å²) in [6.45, 7) is 2.88. The minimum atomic E-state index is -0.389. The maximum atomic E-state index is 10.3. The molecule has 0 unspecified atom stereocenters. The smallest absolute Gasteiger partial charge is 0.0720 e. The van der Waals surface area contributed by atoms with E-state index in [2.05, 4.69) is 6.92 Å². The molecule has 12 heavy (non-hydrogen) atoms. The molecule has 3 N–H and O–H groups in total. The van der Waals surface area contributed by atoms with Gasteiger partial charge in [-0.1, -0.05) is 13.3 Å². The second-order valence-electron chi connectivity index (χ2n) is 4.88. The third kappa shape index (κ3) is 0.882. The van der Waals surface area contributed by atoms with Crippen molar-refractivity contribution in [3.8, 4) is 0 Å². The van der Waals surface area contributed by atoms with Crippen molar-refractivity contribution in [2.24, 2.45) is 17.1 Å². The van der Waals surface area contributed by atoms with Gasteiger partial charge in [0.15, 0.2) is 0 Å². The average molecular weight is 169 g/mol. The van der Waals surface area contributed by atoms with E-state index >= 15 is 0 Å². The van der Waals surface area contributed by atoms with Gasteiger partial charge in [-0.2, -0.15) is 0 Å². The maximum absolute atomic E-state index is 10.3. The van der Waals surface area contributed by atoms with Crippen molar-refractivity contribution in [3.05, 3.63) is 0 Å². The average Bonchev–Trinajstić information content (AvgIpc) is 1.82. The van der Waals surface area contributed by atoms with Gasteiger partial charge >= 0.3 is 0 Å². The van der Waals surface area contributed by atoms with Crippen LogP contribution in [0.3, 0.4) is 0 Å². The molecule has 0 bridgehead atoms. The third-order valence-corrected chi connectivity index (χ3v) is 4.06. The van der Waals surface area contributed by atoms with E-state index in [4.69, 9.17) is 5.73 Å². The van der Waals surface area contributed by atoms with Crippen LogP contribution in [0.1, 0.15) is 39.0 Å². The number of nitrogens with two attached hydrogens (primary N) is 1. The molecule has 0 spiro atoms. The second kappa shape index (κ2) is 2.46. The SMILES string of the molecule is CC1CC(O)(C2(CN)CCC2)C1. The van der Waals surface area contributed by atoms with Gasteiger partial charge in [0, 0.05) is 12.0 Å². The topological polar surface area (TPSA) is 46.2 Å². The van der Waals surface area contributed by atoms with Crippen LogP contribution >= 0.6 is 0 Å². The fourth-order valence-electron chi connectivity index (χ4n) is 2.99. The zero-order valence-corrected chi connectivity index (χ0v) is 7.84. The fourth-order valence-corrected chi connectivity index (χ4v) is 2.99. The first-order valence-electron chi connectivity index (χ1n) is 5.04. The summed E-state index contributed by atoms with van der Waals surface area (Å²) in [4.78, 5) is 0. The van der Waals surface area contributed by atoms with Crippen LogP contribution in [0.2, 0.25) is 0 Å². The van der Waals surface area contributed by atoms with Crippen LogP contribution in [0, 0.1) is 11.3 Å². The predicted molar refractivity (Wildman–Crippen MR) is 48.7 cm³/mol. The molecule has 0 aromatic rings. The number of rotatable bonds is 2. The van der Waals surface area contributed by atoms with E-state index in [-0.39, 0.29) is 11.0 Å². The summed E-state index contributed by atoms with van der Waals surface area (Å²) in [5, 5.41) is 10.3. The summed E-state index contributed by atoms with van der Waals surface area (Å²) >= 11 is 0. The van der Waals surface area contributed by atoms with Crippen LogP contribution in [0.5, 0.6) is 0 Å². The first kappa shape index (κ1) is 8.52. The molecule has 2 fully saturated rings. The number of hydrogen-bond acceptors (Lipinski definition) is 2. The van der Waals surface area contributed by atoms with Gasteiger partial charge in [-0.05, 0) is 31.6 Å². The molecular weight excluding hydrogens is 150 g/mol. The van der Waals surface area contributed by atoms with Crippen molar-refractivity contribution < 1.29 is 5.11 Å². The maximum Gasteiger partial charge on any atom is 0.0720 e. The minimum Gasteiger partial charge on any atom is -0.389 e. The van der Waals surface area contributed by atoms with Gasteiger partial charge in [0.1, 0.15) is 0 Å². The first-order chi connectivity index (χ1) is 5.62. The van der Waals surface area contributed by atoms with Crippen LogP contribution in [0.4, 0.5) is 0 Å². The lowest BCUT2D eigenvalue weighted by atomic mass is 9.50. The van der Waals surface area contributed by atoms with Crippen molar-refractivity contribution in [1.29, 1.82) is 0 Å². The zero-order chi connectivity index (χ0) is 8.82. The van der Waals surface area contributed by atoms with E-state index in [1.807, 2.05) is 0 Å². The van der Waals surface area contributed by atoms with E-state index in [9.17, 15) is 5.11 Å². The second-order valence-corrected chi connectivity index (χ2v) is 4.88. The molecule has 0 aromatic carbocycles. The fraction of sp³-hybridized carbons (Fsp3) is 1.00. The van der Waals surface area contributed by atoms with Crippen LogP contribution in [0.15, 0.2) is 0 Å². The van der Waals surface area contributed by atoms with Gasteiger partial charge in [-0.25, -0.2) is 0 Å². The minimum absolute atomic E-state index is 0.111. The molecule has 0 aliphatic heterocycles. The molecule has 2 saturated carbocycles. The Kier molecular flexibility index (Phi) is 1.74. The Balaban J connectivity index is 2.07. The highest BCUT2D eigenvalue weighted by Crippen LogP contribution is 2.58. The monoisotopic (exact) mass is 169 g/mol. The molecular formula is C10H19NO. The highest BCUT2D eigenvalue weighted by atomic mass is 16.3. The summed E-state index contributed by atoms with van der Waals surface area (Å²) in [6.07, 6.45) is 5.50. The predicted octanol–water partition coefficient (Wildman–Crippen LogP) is 1.28. The Labute approximate surface area is 74.1 Å². The first-order valence-corrected chi connectivity index (χ1v) is 5.04. The lowest BCUT2D eigenvalue weighted by molar-refractivity contribution is -0.190. The zero-order valence-electron chi connectivity index (χ0n) is 7.84. The molecule has 2 rings (SSSR count). The molecule has 70 valence electrons. The lowest BCUT2D eigenvalue weighted by Crippen LogP contribution is -2.62. The molecule has 2 aliphatic carbocycles. The third-order valence-electron chi connectivity index (χ3n) is 4.06. The summed E-state index contributed by atoms with van der Waals surface area (Å²) in [5.41, 5.74) is 5.47. The van der Waals surface area contributed by atoms with E-state index in [1.54, 1.807) is 0 Å². The van der Waals surface area contributed by atoms with Gasteiger partial charge in [-0.3, -0.25) is 0 Å². The van der Waals surface area contributed by atoms with E-state index in [0.717, 1.165) is 25.7 Å². The van der Waals surface area contributed by atoms with Crippen LogP contribution in [0.25, 0.3) is 0 Å². The Hall–Kier alpha value is -0.0800. The van der Waals surface area contributed by atoms with Gasteiger partial charge in [-0.15, -0.1) is 0 Å². The van der Waals surface area contributed by atoms with Crippen molar-refractivity contribution >= 4 is 0 Å². The summed E-state index contributed by atoms with van der Waals surface area (Å²) < 4.78 is 0. The van der Waals surface area contributed by atoms with E-state index in [0.29, 0.717) is 12.5 Å². The Morgan fingerprint density at radius 3 is 2.25 bits per heavy atom. The van der Waals surface area contributed by atoms with Crippen LogP contribution < -0.4 is 5.73 Å². The summed E-state index contributed by atoms with van der Waals surface area (Å²) in [6, 6.07) is 0. The largest absolute Gasteiger partial charge is 0.389 e. The highest BCUT2D eigenvalue weighted by molar-refractivity contribution is 5.10. The molecule has 2 aliphatic rings. The van der Waals surface area contributed by atoms with Gasteiger partial charge in [0.25, 0.3) is 0 Å². The van der Waals surface area contributed by atoms with E-state index in [1.165, 1.54) is 6.42 Å². The normalized spacial score (nSPS) is 44.8. The molecule has 2 heteroatoms. The molecule has 0 amide bonds. The van der Waals surface area contributed by atoms with Gasteiger partial charge < -0.3 is 10.8 Å². The van der Waals surface area contributed by atoms with Crippen LogP contribution in [-0.2, 0) is 0 Å². The lowest BCUT2D eigenvalue weighted by Gasteiger charge is -2.59. The number of hydrogen-bond donors (Lipinski definition) is 2.